The van der Waals surface area contributed by atoms with Gasteiger partial charge in [0, 0.05) is 33.6 Å². The van der Waals surface area contributed by atoms with Crippen LogP contribution in [0.25, 0.3) is 26.3 Å². The summed E-state index contributed by atoms with van der Waals surface area (Å²) in [6.45, 7) is 14.5. The fourth-order valence-corrected chi connectivity index (χ4v) is 4.61. The van der Waals surface area contributed by atoms with Crippen LogP contribution in [0.3, 0.4) is 0 Å². The summed E-state index contributed by atoms with van der Waals surface area (Å²) in [4.78, 5) is 15.7. The van der Waals surface area contributed by atoms with Crippen LogP contribution in [0, 0.1) is 6.57 Å². The number of rotatable bonds is 8. The van der Waals surface area contributed by atoms with Crippen molar-refractivity contribution in [2.75, 3.05) is 16.8 Å². The van der Waals surface area contributed by atoms with E-state index in [2.05, 4.69) is 48.1 Å². The molecule has 2 heterocycles. The van der Waals surface area contributed by atoms with E-state index in [1.807, 2.05) is 29.2 Å². The van der Waals surface area contributed by atoms with E-state index in [0.717, 1.165) is 22.9 Å². The molecule has 0 unspecified atom stereocenters. The van der Waals surface area contributed by atoms with Crippen LogP contribution in [0.5, 0.6) is 5.75 Å². The normalized spacial score (nSPS) is 10.8. The van der Waals surface area contributed by atoms with Crippen molar-refractivity contribution in [3.63, 3.8) is 0 Å². The van der Waals surface area contributed by atoms with Gasteiger partial charge < -0.3 is 15.3 Å². The number of phenols is 1. The Kier molecular flexibility index (Phi) is 6.57. The van der Waals surface area contributed by atoms with Crippen molar-refractivity contribution in [3.8, 4) is 23.7 Å². The van der Waals surface area contributed by atoms with Gasteiger partial charge >= 0.3 is 5.69 Å². The Morgan fingerprint density at radius 3 is 2.64 bits per heavy atom. The number of thiophene rings is 1. The quantitative estimate of drug-likeness (QED) is 0.310. The molecule has 33 heavy (non-hydrogen) atoms. The zero-order chi connectivity index (χ0) is 23.4. The molecule has 4 aromatic rings. The summed E-state index contributed by atoms with van der Waals surface area (Å²) in [5.74, 6) is 2.03. The first-order chi connectivity index (χ1) is 16.0. The molecule has 0 radical (unpaired) electrons. The lowest BCUT2D eigenvalue weighted by atomic mass is 10.1. The summed E-state index contributed by atoms with van der Waals surface area (Å²) in [7, 11) is 0. The zero-order valence-electron chi connectivity index (χ0n) is 18.7. The summed E-state index contributed by atoms with van der Waals surface area (Å²) in [6, 6.07) is 15.5. The predicted molar refractivity (Wildman–Crippen MR) is 139 cm³/mol. The van der Waals surface area contributed by atoms with Gasteiger partial charge in [-0.3, -0.25) is 0 Å². The van der Waals surface area contributed by atoms with Crippen molar-refractivity contribution in [2.24, 2.45) is 0 Å². The van der Waals surface area contributed by atoms with Crippen molar-refractivity contribution in [3.05, 3.63) is 77.1 Å². The van der Waals surface area contributed by atoms with Crippen LogP contribution in [-0.2, 0) is 6.42 Å². The van der Waals surface area contributed by atoms with Gasteiger partial charge in [-0.2, -0.15) is 0 Å². The van der Waals surface area contributed by atoms with Crippen LogP contribution in [-0.4, -0.2) is 27.7 Å². The second-order valence-electron chi connectivity index (χ2n) is 7.87. The van der Waals surface area contributed by atoms with E-state index < -0.39 is 0 Å². The summed E-state index contributed by atoms with van der Waals surface area (Å²) in [6.07, 6.45) is 2.48. The molecule has 2 aromatic heterocycles. The summed E-state index contributed by atoms with van der Waals surface area (Å²) >= 11 is 1.66. The Hall–Kier alpha value is -3.89. The molecule has 0 amide bonds. The molecule has 0 aliphatic heterocycles. The molecule has 2 N–H and O–H groups in total. The van der Waals surface area contributed by atoms with Crippen LogP contribution in [0.15, 0.2) is 66.7 Å². The molecule has 6 nitrogen and oxygen atoms in total. The van der Waals surface area contributed by atoms with Crippen molar-refractivity contribution >= 4 is 38.7 Å². The monoisotopic (exact) mass is 456 g/mol. The minimum atomic E-state index is 0.106. The second-order valence-corrected chi connectivity index (χ2v) is 8.78. The third-order valence-corrected chi connectivity index (χ3v) is 6.32. The van der Waals surface area contributed by atoms with Gasteiger partial charge in [-0.1, -0.05) is 36.9 Å². The Bertz CT molecular complexity index is 1320. The lowest BCUT2D eigenvalue weighted by molar-refractivity contribution is 0.475. The minimum Gasteiger partial charge on any atom is -0.508 e. The number of fused-ring (bicyclic) bond motifs is 1. The highest BCUT2D eigenvalue weighted by Gasteiger charge is 2.28. The van der Waals surface area contributed by atoms with Gasteiger partial charge in [-0.25, -0.2) is 9.97 Å². The summed E-state index contributed by atoms with van der Waals surface area (Å²) < 4.78 is 1.18. The molecule has 0 bridgehead atoms. The van der Waals surface area contributed by atoms with Crippen LogP contribution in [0.1, 0.15) is 19.4 Å². The SMILES string of the molecule is C#[N+]c1c(NCCc2ccc(O)cc2)nc(-c2csc3ccccc23)nc1N(C=C)C(C)C. The highest BCUT2D eigenvalue weighted by molar-refractivity contribution is 7.17. The molecule has 0 saturated carbocycles. The first kappa shape index (κ1) is 22.3. The van der Waals surface area contributed by atoms with Gasteiger partial charge in [0.25, 0.3) is 6.57 Å². The average Bonchev–Trinajstić information content (AvgIpc) is 3.25. The van der Waals surface area contributed by atoms with Crippen LogP contribution in [0.2, 0.25) is 0 Å². The van der Waals surface area contributed by atoms with Gasteiger partial charge in [0.2, 0.25) is 11.6 Å². The third-order valence-electron chi connectivity index (χ3n) is 5.36. The van der Waals surface area contributed by atoms with Gasteiger partial charge in [0.1, 0.15) is 5.75 Å². The third kappa shape index (κ3) is 4.66. The van der Waals surface area contributed by atoms with Crippen molar-refractivity contribution in [1.82, 2.24) is 9.97 Å². The minimum absolute atomic E-state index is 0.106. The van der Waals surface area contributed by atoms with E-state index in [0.29, 0.717) is 29.7 Å². The number of benzene rings is 2. The van der Waals surface area contributed by atoms with Crippen LogP contribution in [0.4, 0.5) is 17.3 Å². The van der Waals surface area contributed by atoms with Crippen LogP contribution >= 0.6 is 11.3 Å². The maximum atomic E-state index is 9.50. The molecular weight excluding hydrogens is 430 g/mol. The molecule has 0 saturated heterocycles. The van der Waals surface area contributed by atoms with Gasteiger partial charge in [0.15, 0.2) is 5.82 Å². The number of phenolic OH excluding ortho intramolecular Hbond substituents is 1. The lowest BCUT2D eigenvalue weighted by Crippen LogP contribution is -2.26. The topological polar surface area (TPSA) is 65.6 Å². The largest absolute Gasteiger partial charge is 0.508 e. The highest BCUT2D eigenvalue weighted by Crippen LogP contribution is 2.39. The summed E-state index contributed by atoms with van der Waals surface area (Å²) in [5, 5.41) is 16.1. The number of nitrogens with one attached hydrogen (secondary N) is 1. The number of nitrogens with zero attached hydrogens (tertiary/aromatic N) is 4. The van der Waals surface area contributed by atoms with Gasteiger partial charge in [0.05, 0.1) is 0 Å². The zero-order valence-corrected chi connectivity index (χ0v) is 19.5. The average molecular weight is 457 g/mol. The smallest absolute Gasteiger partial charge is 0.423 e. The number of hydrogen-bond donors (Lipinski definition) is 2. The van der Waals surface area contributed by atoms with Gasteiger partial charge in [-0.15, -0.1) is 11.3 Å². The maximum Gasteiger partial charge on any atom is 0.423 e. The van der Waals surface area contributed by atoms with Crippen molar-refractivity contribution in [1.29, 1.82) is 0 Å². The van der Waals surface area contributed by atoms with Crippen molar-refractivity contribution < 1.29 is 5.11 Å². The first-order valence-corrected chi connectivity index (χ1v) is 11.6. The predicted octanol–water partition coefficient (Wildman–Crippen LogP) is 6.67. The first-order valence-electron chi connectivity index (χ1n) is 10.7. The highest BCUT2D eigenvalue weighted by atomic mass is 32.1. The Balaban J connectivity index is 1.76. The fraction of sp³-hybridized carbons (Fsp3) is 0.192. The number of aromatic nitrogens is 2. The van der Waals surface area contributed by atoms with Crippen molar-refractivity contribution in [2.45, 2.75) is 26.3 Å². The number of aromatic hydroxyl groups is 1. The Labute approximate surface area is 197 Å². The number of anilines is 2. The molecule has 0 aliphatic rings. The molecular formula is C26H26N5OS+. The number of hydrogen-bond acceptors (Lipinski definition) is 6. The maximum absolute atomic E-state index is 9.50. The standard InChI is InChI=1S/C26H25N5OS/c1-5-31(17(2)3)26-23(27-4)25(28-15-14-18-10-12-19(32)13-11-18)29-24(30-26)21-16-33-22-9-7-6-8-20(21)22/h4-13,16-17H,1,14-15H2,2-3H3,(H-,28,29,30,32)/p+1. The molecule has 0 spiro atoms. The molecule has 2 aromatic carbocycles. The molecule has 7 heteroatoms. The van der Waals surface area contributed by atoms with E-state index in [9.17, 15) is 5.11 Å². The van der Waals surface area contributed by atoms with Gasteiger partial charge in [-0.05, 0) is 55.1 Å². The molecule has 4 rings (SSSR count). The Morgan fingerprint density at radius 1 is 1.18 bits per heavy atom. The second kappa shape index (κ2) is 9.72. The molecule has 166 valence electrons. The van der Waals surface area contributed by atoms with Crippen LogP contribution < -0.4 is 10.2 Å². The Morgan fingerprint density at radius 2 is 1.94 bits per heavy atom. The fourth-order valence-electron chi connectivity index (χ4n) is 3.67. The van der Waals surface area contributed by atoms with E-state index in [1.54, 1.807) is 29.7 Å². The summed E-state index contributed by atoms with van der Waals surface area (Å²) in [5.41, 5.74) is 2.55. The van der Waals surface area contributed by atoms with E-state index in [4.69, 9.17) is 16.5 Å². The van der Waals surface area contributed by atoms with E-state index >= 15 is 0 Å². The molecule has 0 fully saturated rings. The molecule has 0 atom stereocenters. The lowest BCUT2D eigenvalue weighted by Gasteiger charge is -2.22. The van der Waals surface area contributed by atoms with E-state index in [-0.39, 0.29) is 11.8 Å². The van der Waals surface area contributed by atoms with E-state index in [1.165, 1.54) is 4.70 Å². The molecule has 0 aliphatic carbocycles.